The molecule has 110 valence electrons. The van der Waals surface area contributed by atoms with E-state index in [4.69, 9.17) is 5.73 Å². The number of benzene rings is 1. The predicted octanol–water partition coefficient (Wildman–Crippen LogP) is 1.75. The molecule has 0 saturated heterocycles. The van der Waals surface area contributed by atoms with E-state index in [1.54, 1.807) is 24.3 Å². The average molecular weight is 277 g/mol. The zero-order valence-electron chi connectivity index (χ0n) is 12.3. The number of nitrogens with one attached hydrogen (secondary N) is 2. The summed E-state index contributed by atoms with van der Waals surface area (Å²) in [5.74, 6) is -0.471. The quantitative estimate of drug-likeness (QED) is 0.740. The van der Waals surface area contributed by atoms with Gasteiger partial charge in [-0.05, 0) is 38.5 Å². The topological polar surface area (TPSA) is 84.2 Å². The molecular formula is C15H23N3O2. The lowest BCUT2D eigenvalue weighted by Gasteiger charge is -2.13. The maximum absolute atomic E-state index is 11.9. The van der Waals surface area contributed by atoms with Gasteiger partial charge in [0.2, 0.25) is 5.91 Å². The molecule has 2 amide bonds. The lowest BCUT2D eigenvalue weighted by molar-refractivity contribution is -0.119. The summed E-state index contributed by atoms with van der Waals surface area (Å²) >= 11 is 0. The van der Waals surface area contributed by atoms with Crippen molar-refractivity contribution in [3.05, 3.63) is 29.8 Å². The van der Waals surface area contributed by atoms with Crippen LogP contribution in [0.15, 0.2) is 24.3 Å². The smallest absolute Gasteiger partial charge is 0.251 e. The van der Waals surface area contributed by atoms with Crippen molar-refractivity contribution in [3.63, 3.8) is 0 Å². The fraction of sp³-hybridized carbons (Fsp3) is 0.467. The largest absolute Gasteiger partial charge is 0.350 e. The van der Waals surface area contributed by atoms with Gasteiger partial charge in [-0.3, -0.25) is 9.59 Å². The van der Waals surface area contributed by atoms with Gasteiger partial charge in [0.15, 0.2) is 0 Å². The molecule has 0 aliphatic rings. The number of carbonyl (C=O) groups excluding carboxylic acids is 2. The second-order valence-electron chi connectivity index (χ2n) is 5.04. The van der Waals surface area contributed by atoms with Crippen LogP contribution in [0.2, 0.25) is 0 Å². The minimum absolute atomic E-state index is 0.0717. The number of carbonyl (C=O) groups is 2. The van der Waals surface area contributed by atoms with Crippen LogP contribution in [0, 0.1) is 5.92 Å². The van der Waals surface area contributed by atoms with Crippen molar-refractivity contribution in [1.29, 1.82) is 0 Å². The molecule has 4 N–H and O–H groups in total. The van der Waals surface area contributed by atoms with E-state index in [0.29, 0.717) is 24.2 Å². The molecule has 0 aliphatic carbocycles. The Morgan fingerprint density at radius 3 is 2.55 bits per heavy atom. The van der Waals surface area contributed by atoms with E-state index in [9.17, 15) is 9.59 Å². The molecule has 0 aliphatic heterocycles. The van der Waals surface area contributed by atoms with Crippen LogP contribution in [0.4, 0.5) is 5.69 Å². The highest BCUT2D eigenvalue weighted by atomic mass is 16.2. The Kier molecular flexibility index (Phi) is 6.18. The van der Waals surface area contributed by atoms with Gasteiger partial charge in [0.1, 0.15) is 0 Å². The number of hydrogen-bond acceptors (Lipinski definition) is 3. The van der Waals surface area contributed by atoms with Crippen molar-refractivity contribution in [2.75, 3.05) is 11.9 Å². The van der Waals surface area contributed by atoms with Crippen molar-refractivity contribution in [2.45, 2.75) is 33.2 Å². The summed E-state index contributed by atoms with van der Waals surface area (Å²) in [4.78, 5) is 23.8. The van der Waals surface area contributed by atoms with Crippen molar-refractivity contribution >= 4 is 17.5 Å². The molecule has 0 bridgehead atoms. The van der Waals surface area contributed by atoms with Crippen LogP contribution in [0.25, 0.3) is 0 Å². The third-order valence-corrected chi connectivity index (χ3v) is 2.96. The van der Waals surface area contributed by atoms with E-state index in [-0.39, 0.29) is 23.8 Å². The van der Waals surface area contributed by atoms with Crippen LogP contribution in [-0.2, 0) is 4.79 Å². The maximum atomic E-state index is 11.9. The van der Waals surface area contributed by atoms with Gasteiger partial charge in [-0.25, -0.2) is 0 Å². The number of rotatable bonds is 6. The highest BCUT2D eigenvalue weighted by Gasteiger charge is 2.15. The highest BCUT2D eigenvalue weighted by molar-refractivity contribution is 5.97. The van der Waals surface area contributed by atoms with Gasteiger partial charge in [0, 0.05) is 23.8 Å². The van der Waals surface area contributed by atoms with Crippen LogP contribution >= 0.6 is 0 Å². The summed E-state index contributed by atoms with van der Waals surface area (Å²) in [6, 6.07) is 6.95. The van der Waals surface area contributed by atoms with Crippen LogP contribution < -0.4 is 16.4 Å². The summed E-state index contributed by atoms with van der Waals surface area (Å²) in [5, 5.41) is 5.61. The number of hydrogen-bond donors (Lipinski definition) is 3. The van der Waals surface area contributed by atoms with Crippen molar-refractivity contribution in [3.8, 4) is 0 Å². The van der Waals surface area contributed by atoms with E-state index in [0.717, 1.165) is 0 Å². The Morgan fingerprint density at radius 2 is 2.00 bits per heavy atom. The first-order chi connectivity index (χ1) is 9.47. The van der Waals surface area contributed by atoms with E-state index < -0.39 is 0 Å². The Bertz CT molecular complexity index is 468. The molecule has 1 unspecified atom stereocenters. The van der Waals surface area contributed by atoms with Crippen molar-refractivity contribution in [2.24, 2.45) is 11.7 Å². The molecule has 20 heavy (non-hydrogen) atoms. The number of amides is 2. The van der Waals surface area contributed by atoms with Gasteiger partial charge in [-0.1, -0.05) is 13.0 Å². The zero-order chi connectivity index (χ0) is 15.1. The van der Waals surface area contributed by atoms with Crippen molar-refractivity contribution < 1.29 is 9.59 Å². The SMILES string of the molecule is CCC(CN)C(=O)Nc1cccc(C(=O)NC(C)C)c1. The van der Waals surface area contributed by atoms with E-state index >= 15 is 0 Å². The monoisotopic (exact) mass is 277 g/mol. The van der Waals surface area contributed by atoms with E-state index in [1.165, 1.54) is 0 Å². The van der Waals surface area contributed by atoms with Gasteiger partial charge in [0.25, 0.3) is 5.91 Å². The average Bonchev–Trinajstić information content (AvgIpc) is 2.39. The molecule has 0 saturated carbocycles. The summed E-state index contributed by atoms with van der Waals surface area (Å²) < 4.78 is 0. The van der Waals surface area contributed by atoms with Gasteiger partial charge in [-0.15, -0.1) is 0 Å². The Balaban J connectivity index is 2.78. The van der Waals surface area contributed by atoms with E-state index in [2.05, 4.69) is 10.6 Å². The van der Waals surface area contributed by atoms with Crippen molar-refractivity contribution in [1.82, 2.24) is 5.32 Å². The molecule has 5 heteroatoms. The first-order valence-corrected chi connectivity index (χ1v) is 6.89. The first-order valence-electron chi connectivity index (χ1n) is 6.89. The second kappa shape index (κ2) is 7.65. The van der Waals surface area contributed by atoms with Gasteiger partial charge < -0.3 is 16.4 Å². The molecule has 0 fully saturated rings. The number of anilines is 1. The Labute approximate surface area is 119 Å². The van der Waals surface area contributed by atoms with Crippen LogP contribution in [0.1, 0.15) is 37.6 Å². The van der Waals surface area contributed by atoms with Crippen LogP contribution in [0.5, 0.6) is 0 Å². The lowest BCUT2D eigenvalue weighted by Crippen LogP contribution is -2.30. The molecule has 0 radical (unpaired) electrons. The van der Waals surface area contributed by atoms with Crippen LogP contribution in [0.3, 0.4) is 0 Å². The summed E-state index contributed by atoms with van der Waals surface area (Å²) in [5.41, 5.74) is 6.68. The summed E-state index contributed by atoms with van der Waals surface area (Å²) in [6.07, 6.45) is 0.690. The lowest BCUT2D eigenvalue weighted by atomic mass is 10.1. The molecule has 0 aromatic heterocycles. The van der Waals surface area contributed by atoms with Gasteiger partial charge in [-0.2, -0.15) is 0 Å². The highest BCUT2D eigenvalue weighted by Crippen LogP contribution is 2.13. The summed E-state index contributed by atoms with van der Waals surface area (Å²) in [6.45, 7) is 6.03. The molecule has 5 nitrogen and oxygen atoms in total. The second-order valence-corrected chi connectivity index (χ2v) is 5.04. The molecule has 1 atom stereocenters. The van der Waals surface area contributed by atoms with Crippen LogP contribution in [-0.4, -0.2) is 24.4 Å². The third-order valence-electron chi connectivity index (χ3n) is 2.96. The Morgan fingerprint density at radius 1 is 1.30 bits per heavy atom. The summed E-state index contributed by atoms with van der Waals surface area (Å²) in [7, 11) is 0. The molecule has 0 heterocycles. The van der Waals surface area contributed by atoms with E-state index in [1.807, 2.05) is 20.8 Å². The normalized spacial score (nSPS) is 12.1. The first kappa shape index (κ1) is 16.2. The molecule has 1 aromatic carbocycles. The molecule has 0 spiro atoms. The fourth-order valence-corrected chi connectivity index (χ4v) is 1.79. The fourth-order valence-electron chi connectivity index (χ4n) is 1.79. The minimum atomic E-state index is -0.205. The van der Waals surface area contributed by atoms with Gasteiger partial charge in [0.05, 0.1) is 5.92 Å². The zero-order valence-corrected chi connectivity index (χ0v) is 12.3. The molecule has 1 rings (SSSR count). The Hall–Kier alpha value is -1.88. The standard InChI is InChI=1S/C15H23N3O2/c1-4-11(9-16)14(19)18-13-7-5-6-12(8-13)15(20)17-10(2)3/h5-8,10-11H,4,9,16H2,1-3H3,(H,17,20)(H,18,19). The molecular weight excluding hydrogens is 254 g/mol. The third kappa shape index (κ3) is 4.66. The molecule has 1 aromatic rings. The predicted molar refractivity (Wildman–Crippen MR) is 80.5 cm³/mol. The number of nitrogens with two attached hydrogens (primary N) is 1. The maximum Gasteiger partial charge on any atom is 0.251 e. The minimum Gasteiger partial charge on any atom is -0.350 e. The van der Waals surface area contributed by atoms with Gasteiger partial charge >= 0.3 is 0 Å².